The molecular weight excluding hydrogens is 210 g/mol. The Labute approximate surface area is 97.3 Å². The predicted molar refractivity (Wildman–Crippen MR) is 66.3 cm³/mol. The van der Waals surface area contributed by atoms with Gasteiger partial charge in [-0.15, -0.1) is 0 Å². The van der Waals surface area contributed by atoms with Crippen LogP contribution in [-0.2, 0) is 9.53 Å². The Bertz CT molecular complexity index is 187. The number of nitrogens with one attached hydrogen (secondary N) is 1. The highest BCUT2D eigenvalue weighted by atomic mass is 32.2. The van der Waals surface area contributed by atoms with E-state index in [0.29, 0.717) is 0 Å². The number of esters is 1. The number of unbranched alkanes of at least 4 members (excludes halogenated alkanes) is 2. The van der Waals surface area contributed by atoms with Crippen LogP contribution in [0.25, 0.3) is 0 Å². The van der Waals surface area contributed by atoms with E-state index < -0.39 is 5.54 Å². The first-order valence-electron chi connectivity index (χ1n) is 5.45. The average molecular weight is 233 g/mol. The molecule has 0 bridgehead atoms. The van der Waals surface area contributed by atoms with Crippen molar-refractivity contribution in [3.05, 3.63) is 0 Å². The monoisotopic (exact) mass is 233 g/mol. The van der Waals surface area contributed by atoms with Gasteiger partial charge in [0.1, 0.15) is 5.54 Å². The van der Waals surface area contributed by atoms with E-state index in [0.717, 1.165) is 11.5 Å². The van der Waals surface area contributed by atoms with Crippen LogP contribution in [0.5, 0.6) is 0 Å². The molecule has 1 atom stereocenters. The van der Waals surface area contributed by atoms with Gasteiger partial charge in [0, 0.05) is 5.75 Å². The second kappa shape index (κ2) is 7.99. The minimum absolute atomic E-state index is 0.187. The highest BCUT2D eigenvalue weighted by Gasteiger charge is 2.32. The normalized spacial score (nSPS) is 14.7. The van der Waals surface area contributed by atoms with E-state index in [-0.39, 0.29) is 5.97 Å². The zero-order chi connectivity index (χ0) is 11.7. The van der Waals surface area contributed by atoms with Crippen molar-refractivity contribution in [2.75, 3.05) is 25.7 Å². The maximum atomic E-state index is 11.5. The highest BCUT2D eigenvalue weighted by Crippen LogP contribution is 2.16. The molecule has 0 aliphatic carbocycles. The molecule has 3 nitrogen and oxygen atoms in total. The molecule has 15 heavy (non-hydrogen) atoms. The van der Waals surface area contributed by atoms with Crippen LogP contribution in [0.1, 0.15) is 33.1 Å². The van der Waals surface area contributed by atoms with E-state index in [4.69, 9.17) is 4.74 Å². The summed E-state index contributed by atoms with van der Waals surface area (Å²) < 4.78 is 4.77. The fourth-order valence-electron chi connectivity index (χ4n) is 1.19. The third-order valence-electron chi connectivity index (χ3n) is 2.47. The molecule has 90 valence electrons. The Hall–Kier alpha value is -0.220. The van der Waals surface area contributed by atoms with Crippen LogP contribution in [0.3, 0.4) is 0 Å². The van der Waals surface area contributed by atoms with Crippen LogP contribution in [0.2, 0.25) is 0 Å². The van der Waals surface area contributed by atoms with Crippen molar-refractivity contribution in [1.82, 2.24) is 5.32 Å². The highest BCUT2D eigenvalue weighted by molar-refractivity contribution is 7.99. The number of ether oxygens (including phenoxy) is 1. The molecule has 0 aromatic heterocycles. The molecular formula is C11H23NO2S. The number of carbonyl (C=O) groups excluding carboxylic acids is 1. The Morgan fingerprint density at radius 3 is 2.60 bits per heavy atom. The standard InChI is InChI=1S/C11H23NO2S/c1-5-6-7-8-15-9-11(2,12-3)10(13)14-4/h12H,5-9H2,1-4H3. The third kappa shape index (κ3) is 5.42. The van der Waals surface area contributed by atoms with Crippen molar-refractivity contribution in [3.8, 4) is 0 Å². The van der Waals surface area contributed by atoms with Gasteiger partial charge in [-0.2, -0.15) is 11.8 Å². The van der Waals surface area contributed by atoms with Gasteiger partial charge in [0.15, 0.2) is 0 Å². The largest absolute Gasteiger partial charge is 0.468 e. The lowest BCUT2D eigenvalue weighted by Crippen LogP contribution is -2.50. The van der Waals surface area contributed by atoms with Gasteiger partial charge in [-0.1, -0.05) is 19.8 Å². The van der Waals surface area contributed by atoms with E-state index >= 15 is 0 Å². The summed E-state index contributed by atoms with van der Waals surface area (Å²) in [5.74, 6) is 1.69. The third-order valence-corrected chi connectivity index (χ3v) is 3.83. The van der Waals surface area contributed by atoms with Crippen LogP contribution in [-0.4, -0.2) is 37.2 Å². The number of likely N-dealkylation sites (N-methyl/N-ethyl adjacent to an activating group) is 1. The minimum Gasteiger partial charge on any atom is -0.468 e. The molecule has 0 rings (SSSR count). The summed E-state index contributed by atoms with van der Waals surface area (Å²) in [6, 6.07) is 0. The number of rotatable bonds is 8. The first-order valence-corrected chi connectivity index (χ1v) is 6.61. The maximum Gasteiger partial charge on any atom is 0.326 e. The van der Waals surface area contributed by atoms with Crippen molar-refractivity contribution < 1.29 is 9.53 Å². The second-order valence-electron chi connectivity index (χ2n) is 3.83. The SMILES string of the molecule is CCCCCSCC(C)(NC)C(=O)OC. The van der Waals surface area contributed by atoms with Gasteiger partial charge in [-0.05, 0) is 26.1 Å². The molecule has 1 N–H and O–H groups in total. The van der Waals surface area contributed by atoms with E-state index in [1.807, 2.05) is 6.92 Å². The molecule has 1 unspecified atom stereocenters. The summed E-state index contributed by atoms with van der Waals surface area (Å²) in [5.41, 5.74) is -0.550. The zero-order valence-electron chi connectivity index (χ0n) is 10.3. The summed E-state index contributed by atoms with van der Waals surface area (Å²) in [4.78, 5) is 11.5. The molecule has 0 radical (unpaired) electrons. The van der Waals surface area contributed by atoms with Crippen LogP contribution in [0, 0.1) is 0 Å². The van der Waals surface area contributed by atoms with Crippen LogP contribution in [0.4, 0.5) is 0 Å². The second-order valence-corrected chi connectivity index (χ2v) is 4.94. The molecule has 0 heterocycles. The molecule has 0 aromatic carbocycles. The minimum atomic E-state index is -0.550. The lowest BCUT2D eigenvalue weighted by molar-refractivity contribution is -0.146. The fraction of sp³-hybridized carbons (Fsp3) is 0.909. The van der Waals surface area contributed by atoms with E-state index in [9.17, 15) is 4.79 Å². The Morgan fingerprint density at radius 2 is 2.13 bits per heavy atom. The number of methoxy groups -OCH3 is 1. The number of hydrogen-bond acceptors (Lipinski definition) is 4. The van der Waals surface area contributed by atoms with E-state index in [1.165, 1.54) is 26.4 Å². The average Bonchev–Trinajstić information content (AvgIpc) is 2.27. The molecule has 0 fully saturated rings. The smallest absolute Gasteiger partial charge is 0.326 e. The summed E-state index contributed by atoms with van der Waals surface area (Å²) in [6.45, 7) is 4.07. The Kier molecular flexibility index (Phi) is 7.88. The number of thioether (sulfide) groups is 1. The summed E-state index contributed by atoms with van der Waals surface area (Å²) in [6.07, 6.45) is 3.73. The molecule has 0 aromatic rings. The van der Waals surface area contributed by atoms with Gasteiger partial charge in [0.2, 0.25) is 0 Å². The van der Waals surface area contributed by atoms with Gasteiger partial charge in [0.05, 0.1) is 7.11 Å². The van der Waals surface area contributed by atoms with E-state index in [2.05, 4.69) is 12.2 Å². The quantitative estimate of drug-likeness (QED) is 0.514. The lowest BCUT2D eigenvalue weighted by atomic mass is 10.1. The molecule has 4 heteroatoms. The van der Waals surface area contributed by atoms with Gasteiger partial charge in [0.25, 0.3) is 0 Å². The molecule has 0 saturated carbocycles. The van der Waals surface area contributed by atoms with Crippen molar-refractivity contribution >= 4 is 17.7 Å². The Balaban J connectivity index is 3.83. The number of carbonyl (C=O) groups is 1. The lowest BCUT2D eigenvalue weighted by Gasteiger charge is -2.25. The first kappa shape index (κ1) is 14.8. The summed E-state index contributed by atoms with van der Waals surface area (Å²) in [7, 11) is 3.23. The van der Waals surface area contributed by atoms with Gasteiger partial charge >= 0.3 is 5.97 Å². The topological polar surface area (TPSA) is 38.3 Å². The molecule has 0 saturated heterocycles. The molecule has 0 aliphatic rings. The van der Waals surface area contributed by atoms with Gasteiger partial charge < -0.3 is 10.1 Å². The summed E-state index contributed by atoms with van der Waals surface area (Å²) >= 11 is 1.81. The van der Waals surface area contributed by atoms with Crippen molar-refractivity contribution in [2.24, 2.45) is 0 Å². The molecule has 0 aliphatic heterocycles. The van der Waals surface area contributed by atoms with Gasteiger partial charge in [-0.3, -0.25) is 4.79 Å². The summed E-state index contributed by atoms with van der Waals surface area (Å²) in [5, 5.41) is 3.02. The zero-order valence-corrected chi connectivity index (χ0v) is 11.1. The molecule has 0 spiro atoms. The van der Waals surface area contributed by atoms with Gasteiger partial charge in [-0.25, -0.2) is 0 Å². The Morgan fingerprint density at radius 1 is 1.47 bits per heavy atom. The van der Waals surface area contributed by atoms with Crippen LogP contribution < -0.4 is 5.32 Å². The van der Waals surface area contributed by atoms with Crippen LogP contribution in [0.15, 0.2) is 0 Å². The maximum absolute atomic E-state index is 11.5. The predicted octanol–water partition coefficient (Wildman–Crippen LogP) is 2.06. The van der Waals surface area contributed by atoms with E-state index in [1.54, 1.807) is 18.8 Å². The number of hydrogen-bond donors (Lipinski definition) is 1. The van der Waals surface area contributed by atoms with Crippen molar-refractivity contribution in [1.29, 1.82) is 0 Å². The van der Waals surface area contributed by atoms with Crippen LogP contribution >= 0.6 is 11.8 Å². The fourth-order valence-corrected chi connectivity index (χ4v) is 2.41. The first-order chi connectivity index (χ1) is 7.10. The van der Waals surface area contributed by atoms with Crippen molar-refractivity contribution in [2.45, 2.75) is 38.6 Å². The van der Waals surface area contributed by atoms with Crippen molar-refractivity contribution in [3.63, 3.8) is 0 Å². The molecule has 0 amide bonds.